The third-order valence-corrected chi connectivity index (χ3v) is 4.86. The summed E-state index contributed by atoms with van der Waals surface area (Å²) in [5, 5.41) is 3.90. The second kappa shape index (κ2) is 7.34. The van der Waals surface area contributed by atoms with E-state index in [4.69, 9.17) is 11.6 Å². The van der Waals surface area contributed by atoms with Gasteiger partial charge >= 0.3 is 6.18 Å². The van der Waals surface area contributed by atoms with Gasteiger partial charge in [0, 0.05) is 42.8 Å². The monoisotopic (exact) mass is 399 g/mol. The summed E-state index contributed by atoms with van der Waals surface area (Å²) in [6, 6.07) is 6.56. The Morgan fingerprint density at radius 3 is 2.30 bits per heavy atom. The smallest absolute Gasteiger partial charge is 0.338 e. The van der Waals surface area contributed by atoms with Crippen molar-refractivity contribution in [2.45, 2.75) is 19.0 Å². The van der Waals surface area contributed by atoms with Crippen molar-refractivity contribution in [2.75, 3.05) is 13.1 Å². The number of amides is 1. The Morgan fingerprint density at radius 1 is 1.15 bits per heavy atom. The van der Waals surface area contributed by atoms with Gasteiger partial charge in [0.25, 0.3) is 5.91 Å². The first kappa shape index (κ1) is 19.4. The standard InChI is InChI=1S/C18H17ClF3N3O2/c1-24-10-14(16(23-24)18(20,21)22)17(27)25-8-6-12(7-9-25)15(26)11-2-4-13(19)5-3-11/h2-5,10,12H,6-9H2,1H3. The van der Waals surface area contributed by atoms with Crippen molar-refractivity contribution < 1.29 is 22.8 Å². The minimum Gasteiger partial charge on any atom is -0.338 e. The molecule has 0 aliphatic carbocycles. The second-order valence-corrected chi connectivity index (χ2v) is 6.94. The highest BCUT2D eigenvalue weighted by Gasteiger charge is 2.40. The largest absolute Gasteiger partial charge is 0.435 e. The van der Waals surface area contributed by atoms with Crippen LogP contribution in [0.1, 0.15) is 39.3 Å². The summed E-state index contributed by atoms with van der Waals surface area (Å²) in [4.78, 5) is 26.4. The number of Topliss-reactive ketones (excluding diaryl/α,β-unsaturated/α-hetero) is 1. The van der Waals surface area contributed by atoms with Gasteiger partial charge in [0.15, 0.2) is 11.5 Å². The van der Waals surface area contributed by atoms with Gasteiger partial charge in [-0.15, -0.1) is 0 Å². The van der Waals surface area contributed by atoms with Crippen LogP contribution in [0.5, 0.6) is 0 Å². The predicted molar refractivity (Wildman–Crippen MR) is 92.6 cm³/mol. The fraction of sp³-hybridized carbons (Fsp3) is 0.389. The van der Waals surface area contributed by atoms with E-state index in [1.165, 1.54) is 11.9 Å². The first-order chi connectivity index (χ1) is 12.7. The van der Waals surface area contributed by atoms with Gasteiger partial charge in [-0.05, 0) is 37.1 Å². The number of rotatable bonds is 3. The molecule has 5 nitrogen and oxygen atoms in total. The van der Waals surface area contributed by atoms with Crippen molar-refractivity contribution in [3.8, 4) is 0 Å². The topological polar surface area (TPSA) is 55.2 Å². The predicted octanol–water partition coefficient (Wildman–Crippen LogP) is 3.83. The molecule has 144 valence electrons. The van der Waals surface area contributed by atoms with Gasteiger partial charge in [-0.2, -0.15) is 18.3 Å². The van der Waals surface area contributed by atoms with Gasteiger partial charge in [0.1, 0.15) is 0 Å². The van der Waals surface area contributed by atoms with E-state index in [-0.39, 0.29) is 24.8 Å². The van der Waals surface area contributed by atoms with Gasteiger partial charge in [-0.25, -0.2) is 0 Å². The van der Waals surface area contributed by atoms with E-state index in [1.807, 2.05) is 0 Å². The average molecular weight is 400 g/mol. The Bertz CT molecular complexity index is 854. The van der Waals surface area contributed by atoms with E-state index < -0.39 is 23.3 Å². The molecule has 9 heteroatoms. The summed E-state index contributed by atoms with van der Waals surface area (Å²) in [6.45, 7) is 0.435. The zero-order valence-corrected chi connectivity index (χ0v) is 15.2. The molecule has 1 aromatic heterocycles. The number of alkyl halides is 3. The van der Waals surface area contributed by atoms with E-state index in [9.17, 15) is 22.8 Å². The maximum absolute atomic E-state index is 13.1. The van der Waals surface area contributed by atoms with Crippen molar-refractivity contribution in [3.63, 3.8) is 0 Å². The highest BCUT2D eigenvalue weighted by Crippen LogP contribution is 2.32. The molecule has 1 aromatic carbocycles. The molecule has 1 saturated heterocycles. The number of likely N-dealkylation sites (tertiary alicyclic amines) is 1. The Kier molecular flexibility index (Phi) is 5.28. The number of hydrogen-bond donors (Lipinski definition) is 0. The molecule has 2 aromatic rings. The van der Waals surface area contributed by atoms with E-state index in [0.717, 1.165) is 10.9 Å². The normalized spacial score (nSPS) is 15.8. The third-order valence-electron chi connectivity index (χ3n) is 4.61. The number of carbonyl (C=O) groups excluding carboxylic acids is 2. The Morgan fingerprint density at radius 2 is 1.74 bits per heavy atom. The molecule has 27 heavy (non-hydrogen) atoms. The molecule has 0 unspecified atom stereocenters. The van der Waals surface area contributed by atoms with Crippen LogP contribution < -0.4 is 0 Å². The zero-order valence-electron chi connectivity index (χ0n) is 14.5. The number of carbonyl (C=O) groups is 2. The van der Waals surface area contributed by atoms with Crippen LogP contribution in [-0.4, -0.2) is 39.5 Å². The van der Waals surface area contributed by atoms with E-state index in [0.29, 0.717) is 23.4 Å². The molecule has 1 aliphatic rings. The van der Waals surface area contributed by atoms with Crippen LogP contribution in [0.3, 0.4) is 0 Å². The number of ketones is 1. The lowest BCUT2D eigenvalue weighted by Crippen LogP contribution is -2.40. The summed E-state index contributed by atoms with van der Waals surface area (Å²) in [5.74, 6) is -1.03. The van der Waals surface area contributed by atoms with Crippen molar-refractivity contribution in [1.29, 1.82) is 0 Å². The molecular weight excluding hydrogens is 383 g/mol. The zero-order chi connectivity index (χ0) is 19.8. The molecule has 0 radical (unpaired) electrons. The maximum Gasteiger partial charge on any atom is 0.435 e. The molecule has 1 aliphatic heterocycles. The number of aryl methyl sites for hydroxylation is 1. The van der Waals surface area contributed by atoms with Crippen LogP contribution in [0.4, 0.5) is 13.2 Å². The molecule has 1 amide bonds. The first-order valence-electron chi connectivity index (χ1n) is 8.36. The molecule has 0 N–H and O–H groups in total. The minimum absolute atomic E-state index is 0.0453. The summed E-state index contributed by atoms with van der Waals surface area (Å²) >= 11 is 5.82. The van der Waals surface area contributed by atoms with Crippen LogP contribution in [0, 0.1) is 5.92 Å². The van der Waals surface area contributed by atoms with Gasteiger partial charge in [-0.1, -0.05) is 11.6 Å². The average Bonchev–Trinajstić information content (AvgIpc) is 3.03. The Hall–Kier alpha value is -2.35. The van der Waals surface area contributed by atoms with Crippen LogP contribution in [0.15, 0.2) is 30.5 Å². The van der Waals surface area contributed by atoms with E-state index in [2.05, 4.69) is 5.10 Å². The third kappa shape index (κ3) is 4.16. The molecule has 1 fully saturated rings. The van der Waals surface area contributed by atoms with Gasteiger partial charge < -0.3 is 4.90 Å². The summed E-state index contributed by atoms with van der Waals surface area (Å²) in [7, 11) is 1.34. The molecule has 2 heterocycles. The van der Waals surface area contributed by atoms with Crippen molar-refractivity contribution in [3.05, 3.63) is 52.3 Å². The summed E-state index contributed by atoms with van der Waals surface area (Å²) < 4.78 is 40.2. The van der Waals surface area contributed by atoms with Crippen LogP contribution in [0.2, 0.25) is 5.02 Å². The molecule has 3 rings (SSSR count). The fourth-order valence-electron chi connectivity index (χ4n) is 3.22. The Labute approximate surface area is 158 Å². The highest BCUT2D eigenvalue weighted by molar-refractivity contribution is 6.30. The van der Waals surface area contributed by atoms with Crippen LogP contribution in [0.25, 0.3) is 0 Å². The summed E-state index contributed by atoms with van der Waals surface area (Å²) in [6.07, 6.45) is -2.82. The lowest BCUT2D eigenvalue weighted by atomic mass is 9.88. The number of nitrogens with zero attached hydrogens (tertiary/aromatic N) is 3. The SMILES string of the molecule is Cn1cc(C(=O)N2CCC(C(=O)c3ccc(Cl)cc3)CC2)c(C(F)(F)F)n1. The molecule has 0 bridgehead atoms. The number of piperidine rings is 1. The number of benzene rings is 1. The maximum atomic E-state index is 13.1. The quantitative estimate of drug-likeness (QED) is 0.737. The van der Waals surface area contributed by atoms with Crippen molar-refractivity contribution in [2.24, 2.45) is 13.0 Å². The lowest BCUT2D eigenvalue weighted by Gasteiger charge is -2.31. The van der Waals surface area contributed by atoms with E-state index >= 15 is 0 Å². The fourth-order valence-corrected chi connectivity index (χ4v) is 3.35. The highest BCUT2D eigenvalue weighted by atomic mass is 35.5. The second-order valence-electron chi connectivity index (χ2n) is 6.50. The first-order valence-corrected chi connectivity index (χ1v) is 8.74. The van der Waals surface area contributed by atoms with Crippen molar-refractivity contribution >= 4 is 23.3 Å². The van der Waals surface area contributed by atoms with Gasteiger partial charge in [0.05, 0.1) is 5.56 Å². The van der Waals surface area contributed by atoms with Gasteiger partial charge in [-0.3, -0.25) is 14.3 Å². The number of aromatic nitrogens is 2. The lowest BCUT2D eigenvalue weighted by molar-refractivity contribution is -0.141. The van der Waals surface area contributed by atoms with Gasteiger partial charge in [0.2, 0.25) is 0 Å². The molecule has 0 spiro atoms. The van der Waals surface area contributed by atoms with E-state index in [1.54, 1.807) is 24.3 Å². The molecule has 0 saturated carbocycles. The minimum atomic E-state index is -4.70. The summed E-state index contributed by atoms with van der Waals surface area (Å²) in [5.41, 5.74) is -1.11. The molecule has 0 atom stereocenters. The number of halogens is 4. The van der Waals surface area contributed by atoms with Crippen LogP contribution >= 0.6 is 11.6 Å². The van der Waals surface area contributed by atoms with Crippen LogP contribution in [-0.2, 0) is 13.2 Å². The Balaban J connectivity index is 1.68. The van der Waals surface area contributed by atoms with Crippen molar-refractivity contribution in [1.82, 2.24) is 14.7 Å². The number of hydrogen-bond acceptors (Lipinski definition) is 3. The molecular formula is C18H17ClF3N3O2.